The van der Waals surface area contributed by atoms with Gasteiger partial charge in [-0.25, -0.2) is 0 Å². The quantitative estimate of drug-likeness (QED) is 0.613. The second-order valence-corrected chi connectivity index (χ2v) is 6.07. The molecule has 0 aliphatic rings. The molecule has 0 spiro atoms. The zero-order valence-corrected chi connectivity index (χ0v) is 15.5. The summed E-state index contributed by atoms with van der Waals surface area (Å²) in [5.41, 5.74) is -0.811. The third kappa shape index (κ3) is 5.31. The monoisotopic (exact) mass is 405 g/mol. The maximum Gasteiger partial charge on any atom is 0.416 e. The van der Waals surface area contributed by atoms with Crippen LogP contribution in [0.2, 0.25) is 0 Å². The van der Waals surface area contributed by atoms with Crippen molar-refractivity contribution in [3.63, 3.8) is 0 Å². The molecule has 0 fully saturated rings. The van der Waals surface area contributed by atoms with Crippen molar-refractivity contribution in [3.8, 4) is 11.5 Å². The van der Waals surface area contributed by atoms with Crippen LogP contribution in [0.15, 0.2) is 65.1 Å². The van der Waals surface area contributed by atoms with Crippen molar-refractivity contribution in [2.24, 2.45) is 0 Å². The van der Waals surface area contributed by atoms with Crippen LogP contribution in [0.1, 0.15) is 27.4 Å². The van der Waals surface area contributed by atoms with E-state index in [0.29, 0.717) is 17.3 Å². The van der Waals surface area contributed by atoms with Crippen LogP contribution in [-0.2, 0) is 19.3 Å². The lowest BCUT2D eigenvalue weighted by molar-refractivity contribution is -0.138. The molecule has 3 rings (SSSR count). The molecule has 0 aliphatic carbocycles. The SMILES string of the molecule is COc1cccc(OCc2ccc(C(=O)NCc3ccccc3C(F)(F)F)o2)c1. The predicted octanol–water partition coefficient (Wildman–Crippen LogP) is 4.82. The molecule has 0 saturated heterocycles. The number of rotatable bonds is 7. The lowest BCUT2D eigenvalue weighted by Crippen LogP contribution is -2.24. The minimum Gasteiger partial charge on any atom is -0.497 e. The first-order valence-corrected chi connectivity index (χ1v) is 8.65. The molecule has 8 heteroatoms. The van der Waals surface area contributed by atoms with Crippen molar-refractivity contribution in [3.05, 3.63) is 83.3 Å². The van der Waals surface area contributed by atoms with E-state index in [9.17, 15) is 18.0 Å². The van der Waals surface area contributed by atoms with Gasteiger partial charge in [-0.05, 0) is 35.9 Å². The number of benzene rings is 2. The van der Waals surface area contributed by atoms with Crippen LogP contribution in [0.5, 0.6) is 11.5 Å². The maximum absolute atomic E-state index is 13.0. The minimum atomic E-state index is -4.49. The Kier molecular flexibility index (Phi) is 6.11. The van der Waals surface area contributed by atoms with E-state index < -0.39 is 17.6 Å². The Labute approximate surface area is 165 Å². The first kappa shape index (κ1) is 20.3. The summed E-state index contributed by atoms with van der Waals surface area (Å²) in [4.78, 5) is 12.2. The van der Waals surface area contributed by atoms with Crippen LogP contribution >= 0.6 is 0 Å². The largest absolute Gasteiger partial charge is 0.497 e. The van der Waals surface area contributed by atoms with E-state index >= 15 is 0 Å². The summed E-state index contributed by atoms with van der Waals surface area (Å²) in [6, 6.07) is 15.1. The molecule has 0 atom stereocenters. The number of hydrogen-bond donors (Lipinski definition) is 1. The summed E-state index contributed by atoms with van der Waals surface area (Å²) in [5.74, 6) is 0.971. The highest BCUT2D eigenvalue weighted by Gasteiger charge is 2.32. The topological polar surface area (TPSA) is 60.7 Å². The van der Waals surface area contributed by atoms with Crippen LogP contribution < -0.4 is 14.8 Å². The van der Waals surface area contributed by atoms with E-state index in [1.807, 2.05) is 0 Å². The highest BCUT2D eigenvalue weighted by atomic mass is 19.4. The van der Waals surface area contributed by atoms with Crippen LogP contribution in [0, 0.1) is 0 Å². The number of amides is 1. The van der Waals surface area contributed by atoms with Crippen molar-refractivity contribution in [2.75, 3.05) is 7.11 Å². The van der Waals surface area contributed by atoms with E-state index in [4.69, 9.17) is 13.9 Å². The normalized spacial score (nSPS) is 11.2. The second kappa shape index (κ2) is 8.72. The second-order valence-electron chi connectivity index (χ2n) is 6.07. The highest BCUT2D eigenvalue weighted by molar-refractivity contribution is 5.91. The zero-order valence-electron chi connectivity index (χ0n) is 15.5. The summed E-state index contributed by atoms with van der Waals surface area (Å²) in [7, 11) is 1.55. The van der Waals surface area contributed by atoms with E-state index in [2.05, 4.69) is 5.32 Å². The first-order valence-electron chi connectivity index (χ1n) is 8.65. The Morgan fingerprint density at radius 1 is 1.03 bits per heavy atom. The van der Waals surface area contributed by atoms with Gasteiger partial charge in [0.2, 0.25) is 0 Å². The van der Waals surface area contributed by atoms with Crippen LogP contribution in [0.3, 0.4) is 0 Å². The van der Waals surface area contributed by atoms with Crippen molar-refractivity contribution in [1.29, 1.82) is 0 Å². The van der Waals surface area contributed by atoms with Gasteiger partial charge >= 0.3 is 6.18 Å². The molecule has 1 aromatic heterocycles. The first-order chi connectivity index (χ1) is 13.9. The Morgan fingerprint density at radius 3 is 2.55 bits per heavy atom. The number of alkyl halides is 3. The number of methoxy groups -OCH3 is 1. The van der Waals surface area contributed by atoms with Crippen LogP contribution in [-0.4, -0.2) is 13.0 Å². The number of carbonyl (C=O) groups is 1. The van der Waals surface area contributed by atoms with E-state index in [1.54, 1.807) is 37.4 Å². The number of carbonyl (C=O) groups excluding carboxylic acids is 1. The maximum atomic E-state index is 13.0. The van der Waals surface area contributed by atoms with Crippen molar-refractivity contribution >= 4 is 5.91 Å². The minimum absolute atomic E-state index is 0.0151. The summed E-state index contributed by atoms with van der Waals surface area (Å²) >= 11 is 0. The third-order valence-electron chi connectivity index (χ3n) is 4.07. The predicted molar refractivity (Wildman–Crippen MR) is 98.6 cm³/mol. The van der Waals surface area contributed by atoms with Crippen LogP contribution in [0.25, 0.3) is 0 Å². The molecule has 0 bridgehead atoms. The van der Waals surface area contributed by atoms with Gasteiger partial charge in [-0.1, -0.05) is 24.3 Å². The number of hydrogen-bond acceptors (Lipinski definition) is 4. The molecule has 152 valence electrons. The molecule has 0 saturated carbocycles. The molecule has 1 amide bonds. The van der Waals surface area contributed by atoms with Crippen molar-refractivity contribution in [2.45, 2.75) is 19.3 Å². The Morgan fingerprint density at radius 2 is 1.79 bits per heavy atom. The molecule has 2 aromatic carbocycles. The molecule has 0 unspecified atom stereocenters. The average molecular weight is 405 g/mol. The Hall–Kier alpha value is -3.42. The highest BCUT2D eigenvalue weighted by Crippen LogP contribution is 2.31. The fourth-order valence-corrected chi connectivity index (χ4v) is 2.64. The summed E-state index contributed by atoms with van der Waals surface area (Å²) in [5, 5.41) is 2.44. The fourth-order valence-electron chi connectivity index (χ4n) is 2.64. The number of halogens is 3. The number of nitrogens with one attached hydrogen (secondary N) is 1. The van der Waals surface area contributed by atoms with Gasteiger partial charge in [0.1, 0.15) is 23.9 Å². The molecule has 1 N–H and O–H groups in total. The molecule has 29 heavy (non-hydrogen) atoms. The third-order valence-corrected chi connectivity index (χ3v) is 4.07. The molecule has 3 aromatic rings. The van der Waals surface area contributed by atoms with Gasteiger partial charge in [0.25, 0.3) is 5.91 Å². The Balaban J connectivity index is 1.58. The van der Waals surface area contributed by atoms with Crippen molar-refractivity contribution in [1.82, 2.24) is 5.32 Å². The van der Waals surface area contributed by atoms with Gasteiger partial charge in [-0.2, -0.15) is 13.2 Å². The summed E-state index contributed by atoms with van der Waals surface area (Å²) < 4.78 is 55.2. The molecule has 1 heterocycles. The van der Waals surface area contributed by atoms with Gasteiger partial charge in [-0.15, -0.1) is 0 Å². The van der Waals surface area contributed by atoms with E-state index in [1.165, 1.54) is 24.3 Å². The summed E-state index contributed by atoms with van der Waals surface area (Å²) in [6.07, 6.45) is -4.49. The summed E-state index contributed by atoms with van der Waals surface area (Å²) in [6.45, 7) is -0.192. The molecule has 5 nitrogen and oxygen atoms in total. The standard InChI is InChI=1S/C21H18F3NO4/c1-27-15-6-4-7-16(11-15)28-13-17-9-10-19(29-17)20(26)25-12-14-5-2-3-8-18(14)21(22,23)24/h2-11H,12-13H2,1H3,(H,25,26). The van der Waals surface area contributed by atoms with Gasteiger partial charge in [-0.3, -0.25) is 4.79 Å². The zero-order chi connectivity index (χ0) is 20.9. The van der Waals surface area contributed by atoms with Crippen molar-refractivity contribution < 1.29 is 31.9 Å². The molecular formula is C21H18F3NO4. The molecule has 0 radical (unpaired) electrons. The van der Waals surface area contributed by atoms with Gasteiger partial charge < -0.3 is 19.2 Å². The molecular weight excluding hydrogens is 387 g/mol. The Bertz CT molecular complexity index is 982. The van der Waals surface area contributed by atoms with Gasteiger partial charge in [0.05, 0.1) is 12.7 Å². The van der Waals surface area contributed by atoms with E-state index in [-0.39, 0.29) is 24.5 Å². The van der Waals surface area contributed by atoms with Crippen LogP contribution in [0.4, 0.5) is 13.2 Å². The lowest BCUT2D eigenvalue weighted by Gasteiger charge is -2.12. The fraction of sp³-hybridized carbons (Fsp3) is 0.190. The van der Waals surface area contributed by atoms with Gasteiger partial charge in [0, 0.05) is 12.6 Å². The number of ether oxygens (including phenoxy) is 2. The van der Waals surface area contributed by atoms with Gasteiger partial charge in [0.15, 0.2) is 5.76 Å². The van der Waals surface area contributed by atoms with E-state index in [0.717, 1.165) is 6.07 Å². The smallest absolute Gasteiger partial charge is 0.416 e. The number of furan rings is 1. The molecule has 0 aliphatic heterocycles. The lowest BCUT2D eigenvalue weighted by atomic mass is 10.1. The average Bonchev–Trinajstić information content (AvgIpc) is 3.19.